The molecule has 35 heavy (non-hydrogen) atoms. The minimum Gasteiger partial charge on any atom is -0.496 e. The molecule has 0 saturated carbocycles. The fourth-order valence-electron chi connectivity index (χ4n) is 3.17. The molecule has 1 heterocycles. The maximum absolute atomic E-state index is 12.6. The number of halogens is 1. The topological polar surface area (TPSA) is 132 Å². The molecule has 10 nitrogen and oxygen atoms in total. The van der Waals surface area contributed by atoms with Gasteiger partial charge in [-0.2, -0.15) is 0 Å². The van der Waals surface area contributed by atoms with Gasteiger partial charge < -0.3 is 29.8 Å². The van der Waals surface area contributed by atoms with Crippen LogP contribution < -0.4 is 25.4 Å². The van der Waals surface area contributed by atoms with Crippen LogP contribution in [0.5, 0.6) is 11.5 Å². The van der Waals surface area contributed by atoms with Gasteiger partial charge in [0.15, 0.2) is 12.2 Å². The summed E-state index contributed by atoms with van der Waals surface area (Å²) < 4.78 is 15.8. The molecule has 0 aliphatic carbocycles. The number of amides is 3. The summed E-state index contributed by atoms with van der Waals surface area (Å²) in [4.78, 5) is 41.4. The first-order valence-electron chi connectivity index (χ1n) is 10.5. The molecule has 0 bridgehead atoms. The van der Waals surface area contributed by atoms with Gasteiger partial charge >= 0.3 is 11.8 Å². The monoisotopic (exact) mass is 500 g/mol. The molecule has 1 aromatic heterocycles. The molecule has 3 aromatic rings. The third-order valence-corrected chi connectivity index (χ3v) is 5.15. The molecule has 3 amide bonds. The van der Waals surface area contributed by atoms with Gasteiger partial charge in [-0.3, -0.25) is 14.4 Å². The van der Waals surface area contributed by atoms with E-state index < -0.39 is 23.3 Å². The number of nitrogens with one attached hydrogen (secondary N) is 3. The fraction of sp³-hybridized carbons (Fsp3) is 0.250. The van der Waals surface area contributed by atoms with Crippen molar-refractivity contribution in [3.8, 4) is 22.8 Å². The van der Waals surface area contributed by atoms with Gasteiger partial charge in [0, 0.05) is 23.3 Å². The van der Waals surface area contributed by atoms with Gasteiger partial charge in [0.05, 0.1) is 37.1 Å². The van der Waals surface area contributed by atoms with Crippen molar-refractivity contribution in [1.82, 2.24) is 15.6 Å². The minimum atomic E-state index is -0.933. The molecule has 0 aliphatic heterocycles. The molecular weight excluding hydrogens is 476 g/mol. The summed E-state index contributed by atoms with van der Waals surface area (Å²) in [6.07, 6.45) is 2.83. The van der Waals surface area contributed by atoms with Crippen molar-refractivity contribution < 1.29 is 28.3 Å². The third kappa shape index (κ3) is 6.51. The van der Waals surface area contributed by atoms with E-state index in [0.717, 1.165) is 0 Å². The molecular formula is C24H25ClN4O6. The highest BCUT2D eigenvalue weighted by molar-refractivity contribution is 6.39. The molecule has 184 valence electrons. The zero-order valence-electron chi connectivity index (χ0n) is 19.6. The Labute approximate surface area is 207 Å². The number of anilines is 1. The van der Waals surface area contributed by atoms with Crippen LogP contribution in [0.1, 0.15) is 24.2 Å². The Morgan fingerprint density at radius 2 is 1.77 bits per heavy atom. The van der Waals surface area contributed by atoms with Crippen molar-refractivity contribution in [1.29, 1.82) is 0 Å². The maximum atomic E-state index is 12.6. The molecule has 0 saturated heterocycles. The summed E-state index contributed by atoms with van der Waals surface area (Å²) in [5.74, 6) is -0.909. The predicted molar refractivity (Wildman–Crippen MR) is 130 cm³/mol. The molecule has 2 aromatic carbocycles. The molecule has 0 radical (unpaired) electrons. The zero-order valence-corrected chi connectivity index (χ0v) is 20.4. The second-order valence-corrected chi connectivity index (χ2v) is 8.54. The summed E-state index contributed by atoms with van der Waals surface area (Å²) in [5, 5.41) is 8.30. The number of hydrogen-bond donors (Lipinski definition) is 3. The van der Waals surface area contributed by atoms with Crippen molar-refractivity contribution in [2.75, 3.05) is 26.1 Å². The van der Waals surface area contributed by atoms with Crippen LogP contribution in [0.3, 0.4) is 0 Å². The standard InChI is InChI=1S/C24H25ClN4O6/c1-24(2,12-27-21(30)17-7-5-14(25)9-18(17)33-3)29-23(32)22(31)28-15-6-8-16(19(10-15)34-4)20-11-26-13-35-20/h5-11,13H,12H2,1-4H3,(H,27,30)(H,28,31)(H,29,32). The number of oxazole rings is 1. The molecule has 0 spiro atoms. The van der Waals surface area contributed by atoms with Crippen LogP contribution in [0, 0.1) is 0 Å². The lowest BCUT2D eigenvalue weighted by Crippen LogP contribution is -2.54. The van der Waals surface area contributed by atoms with Gasteiger partial charge in [-0.15, -0.1) is 0 Å². The van der Waals surface area contributed by atoms with Gasteiger partial charge in [0.25, 0.3) is 5.91 Å². The molecule has 3 N–H and O–H groups in total. The maximum Gasteiger partial charge on any atom is 0.313 e. The van der Waals surface area contributed by atoms with Crippen LogP contribution in [-0.4, -0.2) is 49.0 Å². The lowest BCUT2D eigenvalue weighted by atomic mass is 10.1. The van der Waals surface area contributed by atoms with E-state index in [2.05, 4.69) is 20.9 Å². The summed E-state index contributed by atoms with van der Waals surface area (Å²) in [5.41, 5.74) is 0.352. The van der Waals surface area contributed by atoms with Crippen LogP contribution in [-0.2, 0) is 9.59 Å². The number of hydrogen-bond acceptors (Lipinski definition) is 7. The third-order valence-electron chi connectivity index (χ3n) is 4.91. The molecule has 0 atom stereocenters. The second kappa shape index (κ2) is 10.9. The van der Waals surface area contributed by atoms with E-state index >= 15 is 0 Å². The van der Waals surface area contributed by atoms with Crippen LogP contribution in [0.15, 0.2) is 53.4 Å². The lowest BCUT2D eigenvalue weighted by molar-refractivity contribution is -0.137. The molecule has 0 aliphatic rings. The van der Waals surface area contributed by atoms with Crippen molar-refractivity contribution in [2.45, 2.75) is 19.4 Å². The zero-order chi connectivity index (χ0) is 25.6. The summed E-state index contributed by atoms with van der Waals surface area (Å²) in [7, 11) is 2.91. The SMILES string of the molecule is COc1cc(Cl)ccc1C(=O)NCC(C)(C)NC(=O)C(=O)Nc1ccc(-c2cnco2)c(OC)c1. The Morgan fingerprint density at radius 1 is 1.03 bits per heavy atom. The van der Waals surface area contributed by atoms with Gasteiger partial charge in [-0.05, 0) is 44.2 Å². The average molecular weight is 501 g/mol. The first-order valence-corrected chi connectivity index (χ1v) is 10.8. The van der Waals surface area contributed by atoms with Crippen LogP contribution in [0.25, 0.3) is 11.3 Å². The Morgan fingerprint density at radius 3 is 2.43 bits per heavy atom. The Balaban J connectivity index is 1.59. The van der Waals surface area contributed by atoms with Crippen molar-refractivity contribution >= 4 is 35.0 Å². The van der Waals surface area contributed by atoms with E-state index in [1.807, 2.05) is 0 Å². The van der Waals surface area contributed by atoms with E-state index in [-0.39, 0.29) is 6.54 Å². The van der Waals surface area contributed by atoms with Gasteiger partial charge in [0.2, 0.25) is 0 Å². The summed E-state index contributed by atoms with van der Waals surface area (Å²) in [6.45, 7) is 3.40. The van der Waals surface area contributed by atoms with Gasteiger partial charge in [-0.1, -0.05) is 11.6 Å². The molecule has 3 rings (SSSR count). The van der Waals surface area contributed by atoms with Crippen molar-refractivity contribution in [3.63, 3.8) is 0 Å². The van der Waals surface area contributed by atoms with Gasteiger partial charge in [-0.25, -0.2) is 4.98 Å². The number of methoxy groups -OCH3 is 2. The average Bonchev–Trinajstić information content (AvgIpc) is 3.36. The number of rotatable bonds is 8. The molecule has 11 heteroatoms. The van der Waals surface area contributed by atoms with Crippen LogP contribution >= 0.6 is 11.6 Å². The lowest BCUT2D eigenvalue weighted by Gasteiger charge is -2.26. The number of carbonyl (C=O) groups excluding carboxylic acids is 3. The highest BCUT2D eigenvalue weighted by Gasteiger charge is 2.26. The highest BCUT2D eigenvalue weighted by Crippen LogP contribution is 2.32. The van der Waals surface area contributed by atoms with Crippen LogP contribution in [0.4, 0.5) is 5.69 Å². The number of aromatic nitrogens is 1. The van der Waals surface area contributed by atoms with E-state index in [9.17, 15) is 14.4 Å². The van der Waals surface area contributed by atoms with E-state index in [1.54, 1.807) is 38.1 Å². The summed E-state index contributed by atoms with van der Waals surface area (Å²) in [6, 6.07) is 9.49. The minimum absolute atomic E-state index is 0.0519. The highest BCUT2D eigenvalue weighted by atomic mass is 35.5. The van der Waals surface area contributed by atoms with E-state index in [0.29, 0.717) is 39.1 Å². The fourth-order valence-corrected chi connectivity index (χ4v) is 3.33. The second-order valence-electron chi connectivity index (χ2n) is 8.10. The Hall–Kier alpha value is -4.05. The van der Waals surface area contributed by atoms with E-state index in [4.69, 9.17) is 25.5 Å². The van der Waals surface area contributed by atoms with Crippen LogP contribution in [0.2, 0.25) is 5.02 Å². The number of carbonyl (C=O) groups is 3. The Bertz CT molecular complexity index is 1230. The largest absolute Gasteiger partial charge is 0.496 e. The van der Waals surface area contributed by atoms with Gasteiger partial charge in [0.1, 0.15) is 11.5 Å². The molecule has 0 unspecified atom stereocenters. The Kier molecular flexibility index (Phi) is 7.98. The van der Waals surface area contributed by atoms with E-state index in [1.165, 1.54) is 38.9 Å². The number of benzene rings is 2. The summed E-state index contributed by atoms with van der Waals surface area (Å²) >= 11 is 5.93. The predicted octanol–water partition coefficient (Wildman–Crippen LogP) is 3.28. The molecule has 0 fully saturated rings. The van der Waals surface area contributed by atoms with Crippen molar-refractivity contribution in [3.05, 3.63) is 59.6 Å². The first-order chi connectivity index (χ1) is 16.6. The number of ether oxygens (including phenoxy) is 2. The van der Waals surface area contributed by atoms with Crippen molar-refractivity contribution in [2.24, 2.45) is 0 Å². The normalized spacial score (nSPS) is 10.9. The quantitative estimate of drug-likeness (QED) is 0.404. The smallest absolute Gasteiger partial charge is 0.313 e. The number of nitrogens with zero attached hydrogens (tertiary/aromatic N) is 1. The first kappa shape index (κ1) is 25.6.